The molecular weight excluding hydrogens is 359 g/mol. The molecule has 1 N–H and O–H groups in total. The zero-order valence-corrected chi connectivity index (χ0v) is 16.1. The van der Waals surface area contributed by atoms with Crippen molar-refractivity contribution in [3.8, 4) is 0 Å². The molecule has 0 saturated heterocycles. The second kappa shape index (κ2) is 8.21. The monoisotopic (exact) mass is 382 g/mol. The number of fused-ring (bicyclic) bond motifs is 1. The van der Waals surface area contributed by atoms with Crippen LogP contribution in [0.4, 0.5) is 15.8 Å². The molecule has 0 aliphatic rings. The van der Waals surface area contributed by atoms with Gasteiger partial charge in [0.2, 0.25) is 5.91 Å². The van der Waals surface area contributed by atoms with Crippen LogP contribution in [0, 0.1) is 5.82 Å². The first-order valence-electron chi connectivity index (χ1n) is 9.20. The average molecular weight is 382 g/mol. The van der Waals surface area contributed by atoms with Crippen LogP contribution in [0.25, 0.3) is 10.9 Å². The van der Waals surface area contributed by atoms with Crippen LogP contribution < -0.4 is 15.8 Å². The fraction of sp³-hybridized carbons (Fsp3) is 0.286. The van der Waals surface area contributed by atoms with Crippen molar-refractivity contribution in [1.82, 2.24) is 9.55 Å². The van der Waals surface area contributed by atoms with Crippen molar-refractivity contribution in [1.29, 1.82) is 0 Å². The predicted octanol–water partition coefficient (Wildman–Crippen LogP) is 3.41. The number of aromatic nitrogens is 2. The number of nitrogens with one attached hydrogen (secondary N) is 1. The smallest absolute Gasteiger partial charge is 0.261 e. The predicted molar refractivity (Wildman–Crippen MR) is 109 cm³/mol. The van der Waals surface area contributed by atoms with Crippen LogP contribution in [0.2, 0.25) is 0 Å². The van der Waals surface area contributed by atoms with Gasteiger partial charge in [0.05, 0.1) is 17.2 Å². The minimum atomic E-state index is -0.517. The van der Waals surface area contributed by atoms with Gasteiger partial charge in [-0.15, -0.1) is 0 Å². The maximum atomic E-state index is 13.4. The Morgan fingerprint density at radius 1 is 1.21 bits per heavy atom. The van der Waals surface area contributed by atoms with Crippen LogP contribution in [0.5, 0.6) is 0 Å². The fourth-order valence-corrected chi connectivity index (χ4v) is 3.18. The van der Waals surface area contributed by atoms with E-state index in [1.54, 1.807) is 0 Å². The standard InChI is InChI=1S/C21H23FN4O2/c1-4-26(14(2)3)17-8-6-16(7-9-17)24-20(27)12-25-13-23-19-10-5-15(22)11-18(19)21(25)28/h5-11,13-14H,4,12H2,1-3H3,(H,24,27). The first-order chi connectivity index (χ1) is 13.4. The Morgan fingerprint density at radius 3 is 2.57 bits per heavy atom. The van der Waals surface area contributed by atoms with Crippen molar-refractivity contribution >= 4 is 28.2 Å². The Labute approximate surface area is 162 Å². The molecule has 28 heavy (non-hydrogen) atoms. The summed E-state index contributed by atoms with van der Waals surface area (Å²) in [4.78, 5) is 31.1. The number of carbonyl (C=O) groups excluding carboxylic acids is 1. The molecule has 2 aromatic carbocycles. The van der Waals surface area contributed by atoms with Crippen molar-refractivity contribution in [2.24, 2.45) is 0 Å². The number of hydrogen-bond acceptors (Lipinski definition) is 4. The Morgan fingerprint density at radius 2 is 1.93 bits per heavy atom. The second-order valence-electron chi connectivity index (χ2n) is 6.81. The molecule has 0 radical (unpaired) electrons. The van der Waals surface area contributed by atoms with Gasteiger partial charge in [-0.25, -0.2) is 9.37 Å². The van der Waals surface area contributed by atoms with E-state index >= 15 is 0 Å². The molecule has 146 valence electrons. The summed E-state index contributed by atoms with van der Waals surface area (Å²) >= 11 is 0. The van der Waals surface area contributed by atoms with Crippen molar-refractivity contribution in [3.63, 3.8) is 0 Å². The maximum absolute atomic E-state index is 13.4. The van der Waals surface area contributed by atoms with Gasteiger partial charge in [0.1, 0.15) is 12.4 Å². The summed E-state index contributed by atoms with van der Waals surface area (Å²) in [7, 11) is 0. The van der Waals surface area contributed by atoms with E-state index in [0.29, 0.717) is 17.2 Å². The molecule has 0 saturated carbocycles. The lowest BCUT2D eigenvalue weighted by Gasteiger charge is -2.27. The third-order valence-electron chi connectivity index (χ3n) is 4.55. The van der Waals surface area contributed by atoms with E-state index < -0.39 is 11.4 Å². The Kier molecular flexibility index (Phi) is 5.73. The number of hydrogen-bond donors (Lipinski definition) is 1. The van der Waals surface area contributed by atoms with Crippen LogP contribution in [0.3, 0.4) is 0 Å². The summed E-state index contributed by atoms with van der Waals surface area (Å²) < 4.78 is 14.6. The second-order valence-corrected chi connectivity index (χ2v) is 6.81. The Balaban J connectivity index is 1.73. The van der Waals surface area contributed by atoms with E-state index in [0.717, 1.165) is 18.3 Å². The molecule has 0 bridgehead atoms. The van der Waals surface area contributed by atoms with Crippen LogP contribution in [0.15, 0.2) is 53.6 Å². The molecule has 0 spiro atoms. The molecule has 0 aliphatic heterocycles. The highest BCUT2D eigenvalue weighted by Gasteiger charge is 2.11. The van der Waals surface area contributed by atoms with Crippen LogP contribution in [-0.2, 0) is 11.3 Å². The van der Waals surface area contributed by atoms with E-state index in [1.807, 2.05) is 24.3 Å². The van der Waals surface area contributed by atoms with Gasteiger partial charge >= 0.3 is 0 Å². The van der Waals surface area contributed by atoms with Gasteiger partial charge < -0.3 is 10.2 Å². The summed E-state index contributed by atoms with van der Waals surface area (Å²) in [6.07, 6.45) is 1.30. The first kappa shape index (κ1) is 19.5. The number of amides is 1. The normalized spacial score (nSPS) is 11.0. The number of nitrogens with zero attached hydrogens (tertiary/aromatic N) is 3. The van der Waals surface area contributed by atoms with Gasteiger partial charge in [-0.2, -0.15) is 0 Å². The summed E-state index contributed by atoms with van der Waals surface area (Å²) in [5.74, 6) is -0.875. The number of rotatable bonds is 6. The van der Waals surface area contributed by atoms with Crippen LogP contribution in [-0.4, -0.2) is 28.0 Å². The molecule has 3 rings (SSSR count). The van der Waals surface area contributed by atoms with Gasteiger partial charge in [0, 0.05) is 24.0 Å². The quantitative estimate of drug-likeness (QED) is 0.709. The number of carbonyl (C=O) groups is 1. The number of halogens is 1. The Bertz CT molecular complexity index is 1040. The highest BCUT2D eigenvalue weighted by Crippen LogP contribution is 2.20. The minimum absolute atomic E-state index is 0.146. The van der Waals surface area contributed by atoms with Gasteiger partial charge in [0.25, 0.3) is 5.56 Å². The highest BCUT2D eigenvalue weighted by atomic mass is 19.1. The van der Waals surface area contributed by atoms with E-state index in [9.17, 15) is 14.0 Å². The van der Waals surface area contributed by atoms with Crippen molar-refractivity contribution in [3.05, 3.63) is 65.0 Å². The SMILES string of the molecule is CCN(c1ccc(NC(=O)Cn2cnc3ccc(F)cc3c2=O)cc1)C(C)C. The third kappa shape index (κ3) is 4.19. The molecule has 0 unspecified atom stereocenters. The number of anilines is 2. The molecule has 1 heterocycles. The topological polar surface area (TPSA) is 67.2 Å². The molecule has 0 atom stereocenters. The average Bonchev–Trinajstić information content (AvgIpc) is 2.66. The first-order valence-corrected chi connectivity index (χ1v) is 9.20. The molecule has 3 aromatic rings. The molecule has 0 aliphatic carbocycles. The van der Waals surface area contributed by atoms with Gasteiger partial charge in [-0.1, -0.05) is 0 Å². The summed E-state index contributed by atoms with van der Waals surface area (Å²) in [5.41, 5.74) is 1.66. The van der Waals surface area contributed by atoms with E-state index in [2.05, 4.69) is 36.0 Å². The van der Waals surface area contributed by atoms with Gasteiger partial charge in [-0.05, 0) is 63.2 Å². The molecule has 1 aromatic heterocycles. The molecule has 0 fully saturated rings. The number of benzene rings is 2. The van der Waals surface area contributed by atoms with Crippen molar-refractivity contribution in [2.45, 2.75) is 33.4 Å². The fourth-order valence-electron chi connectivity index (χ4n) is 3.18. The third-order valence-corrected chi connectivity index (χ3v) is 4.55. The van der Waals surface area contributed by atoms with Gasteiger partial charge in [0.15, 0.2) is 0 Å². The lowest BCUT2D eigenvalue weighted by Crippen LogP contribution is -2.30. The maximum Gasteiger partial charge on any atom is 0.261 e. The molecule has 7 heteroatoms. The zero-order valence-electron chi connectivity index (χ0n) is 16.1. The highest BCUT2D eigenvalue weighted by molar-refractivity contribution is 5.91. The minimum Gasteiger partial charge on any atom is -0.369 e. The summed E-state index contributed by atoms with van der Waals surface area (Å²) in [6, 6.07) is 11.7. The van der Waals surface area contributed by atoms with Crippen LogP contribution in [0.1, 0.15) is 20.8 Å². The van der Waals surface area contributed by atoms with E-state index in [4.69, 9.17) is 0 Å². The molecular formula is C21H23FN4O2. The van der Waals surface area contributed by atoms with E-state index in [1.165, 1.54) is 23.0 Å². The lowest BCUT2D eigenvalue weighted by atomic mass is 10.2. The molecule has 1 amide bonds. The Hall–Kier alpha value is -3.22. The van der Waals surface area contributed by atoms with E-state index in [-0.39, 0.29) is 17.8 Å². The van der Waals surface area contributed by atoms with Crippen LogP contribution >= 0.6 is 0 Å². The van der Waals surface area contributed by atoms with Gasteiger partial charge in [-0.3, -0.25) is 14.2 Å². The van der Waals surface area contributed by atoms with Crippen molar-refractivity contribution < 1.29 is 9.18 Å². The summed E-state index contributed by atoms with van der Waals surface area (Å²) in [6.45, 7) is 7.03. The lowest BCUT2D eigenvalue weighted by molar-refractivity contribution is -0.116. The largest absolute Gasteiger partial charge is 0.369 e. The molecule has 6 nitrogen and oxygen atoms in total. The van der Waals surface area contributed by atoms with Crippen molar-refractivity contribution in [2.75, 3.05) is 16.8 Å². The summed E-state index contributed by atoms with van der Waals surface area (Å²) in [5, 5.41) is 2.92. The zero-order chi connectivity index (χ0) is 20.3.